The molecule has 1 aromatic carbocycles. The van der Waals surface area contributed by atoms with Crippen LogP contribution in [0.2, 0.25) is 0 Å². The largest absolute Gasteiger partial charge is 0.370 e. The summed E-state index contributed by atoms with van der Waals surface area (Å²) in [7, 11) is 0. The molecule has 5 heteroatoms. The Kier molecular flexibility index (Phi) is 4.86. The summed E-state index contributed by atoms with van der Waals surface area (Å²) in [5.41, 5.74) is 0.410. The van der Waals surface area contributed by atoms with Gasteiger partial charge in [0, 0.05) is 23.7 Å². The van der Waals surface area contributed by atoms with Crippen LogP contribution >= 0.6 is 12.4 Å². The normalized spacial score (nSPS) is 28.6. The maximum absolute atomic E-state index is 13.6. The third-order valence-corrected chi connectivity index (χ3v) is 2.80. The molecule has 0 aromatic heterocycles. The van der Waals surface area contributed by atoms with E-state index in [1.165, 1.54) is 12.1 Å². The molecular formula is C12H16ClF2NO. The van der Waals surface area contributed by atoms with E-state index in [9.17, 15) is 8.78 Å². The highest BCUT2D eigenvalue weighted by atomic mass is 35.5. The number of morpholine rings is 1. The van der Waals surface area contributed by atoms with Gasteiger partial charge in [-0.15, -0.1) is 12.4 Å². The van der Waals surface area contributed by atoms with Gasteiger partial charge in [-0.05, 0) is 19.9 Å². The molecule has 0 spiro atoms. The van der Waals surface area contributed by atoms with E-state index in [0.29, 0.717) is 12.2 Å². The molecule has 17 heavy (non-hydrogen) atoms. The van der Waals surface area contributed by atoms with E-state index in [-0.39, 0.29) is 30.6 Å². The van der Waals surface area contributed by atoms with E-state index >= 15 is 0 Å². The van der Waals surface area contributed by atoms with Crippen LogP contribution in [0.4, 0.5) is 8.78 Å². The molecule has 1 aliphatic rings. The highest BCUT2D eigenvalue weighted by Crippen LogP contribution is 2.27. The lowest BCUT2D eigenvalue weighted by Crippen LogP contribution is -2.47. The summed E-state index contributed by atoms with van der Waals surface area (Å²) in [6, 6.07) is 3.87. The predicted octanol–water partition coefficient (Wildman–Crippen LogP) is 2.82. The van der Waals surface area contributed by atoms with Gasteiger partial charge in [0.15, 0.2) is 0 Å². The summed E-state index contributed by atoms with van der Waals surface area (Å²) in [6.07, 6.45) is -0.350. The lowest BCUT2D eigenvalue weighted by atomic mass is 10.0. The standard InChI is InChI=1S/C12H15F2NO.ClH/c1-7-6-16-12(8(2)15-7)10-4-3-9(13)5-11(10)14;/h3-5,7-8,12,15H,6H2,1-2H3;1H. The topological polar surface area (TPSA) is 21.3 Å². The van der Waals surface area contributed by atoms with Crippen molar-refractivity contribution >= 4 is 12.4 Å². The number of hydrogen-bond acceptors (Lipinski definition) is 2. The highest BCUT2D eigenvalue weighted by Gasteiger charge is 2.28. The Morgan fingerprint density at radius 1 is 1.29 bits per heavy atom. The predicted molar refractivity (Wildman–Crippen MR) is 64.4 cm³/mol. The first-order valence-corrected chi connectivity index (χ1v) is 5.40. The van der Waals surface area contributed by atoms with Crippen molar-refractivity contribution in [1.29, 1.82) is 0 Å². The third kappa shape index (κ3) is 3.15. The van der Waals surface area contributed by atoms with Crippen LogP contribution in [0, 0.1) is 11.6 Å². The monoisotopic (exact) mass is 263 g/mol. The zero-order chi connectivity index (χ0) is 11.7. The van der Waals surface area contributed by atoms with Crippen LogP contribution in [0.3, 0.4) is 0 Å². The van der Waals surface area contributed by atoms with Crippen LogP contribution in [0.15, 0.2) is 18.2 Å². The summed E-state index contributed by atoms with van der Waals surface area (Å²) >= 11 is 0. The highest BCUT2D eigenvalue weighted by molar-refractivity contribution is 5.85. The molecule has 0 saturated carbocycles. The molecule has 1 aliphatic heterocycles. The van der Waals surface area contributed by atoms with E-state index in [1.807, 2.05) is 13.8 Å². The Bertz CT molecular complexity index is 389. The van der Waals surface area contributed by atoms with E-state index in [4.69, 9.17) is 4.74 Å². The third-order valence-electron chi connectivity index (χ3n) is 2.80. The molecule has 1 aromatic rings. The maximum Gasteiger partial charge on any atom is 0.131 e. The van der Waals surface area contributed by atoms with Gasteiger partial charge in [0.05, 0.1) is 6.61 Å². The molecule has 0 radical (unpaired) electrons. The Balaban J connectivity index is 0.00000144. The van der Waals surface area contributed by atoms with Crippen LogP contribution in [-0.4, -0.2) is 18.7 Å². The first-order valence-electron chi connectivity index (χ1n) is 5.40. The molecule has 2 rings (SSSR count). The Hall–Kier alpha value is -0.710. The number of hydrogen-bond donors (Lipinski definition) is 1. The maximum atomic E-state index is 13.6. The van der Waals surface area contributed by atoms with Gasteiger partial charge in [0.2, 0.25) is 0 Å². The van der Waals surface area contributed by atoms with E-state index in [2.05, 4.69) is 5.32 Å². The molecule has 1 heterocycles. The molecule has 2 nitrogen and oxygen atoms in total. The first-order chi connectivity index (χ1) is 7.58. The second kappa shape index (κ2) is 5.76. The number of rotatable bonds is 1. The van der Waals surface area contributed by atoms with Gasteiger partial charge in [-0.2, -0.15) is 0 Å². The first kappa shape index (κ1) is 14.4. The van der Waals surface area contributed by atoms with Crippen molar-refractivity contribution in [1.82, 2.24) is 5.32 Å². The number of halogens is 3. The fourth-order valence-electron chi connectivity index (χ4n) is 2.07. The van der Waals surface area contributed by atoms with Crippen molar-refractivity contribution in [3.8, 4) is 0 Å². The van der Waals surface area contributed by atoms with Crippen LogP contribution in [0.1, 0.15) is 25.5 Å². The van der Waals surface area contributed by atoms with Crippen LogP contribution in [-0.2, 0) is 4.74 Å². The zero-order valence-corrected chi connectivity index (χ0v) is 10.6. The SMILES string of the molecule is CC1COC(c2ccc(F)cc2F)C(C)N1.Cl. The van der Waals surface area contributed by atoms with Gasteiger partial charge in [0.1, 0.15) is 17.7 Å². The Labute approximate surface area is 106 Å². The minimum Gasteiger partial charge on any atom is -0.370 e. The lowest BCUT2D eigenvalue weighted by Gasteiger charge is -2.34. The van der Waals surface area contributed by atoms with Crippen molar-refractivity contribution in [2.45, 2.75) is 32.0 Å². The average molecular weight is 264 g/mol. The summed E-state index contributed by atoms with van der Waals surface area (Å²) in [5, 5.41) is 3.28. The van der Waals surface area contributed by atoms with Crippen molar-refractivity contribution in [3.05, 3.63) is 35.4 Å². The van der Waals surface area contributed by atoms with Crippen LogP contribution < -0.4 is 5.32 Å². The zero-order valence-electron chi connectivity index (χ0n) is 9.74. The molecule has 3 unspecified atom stereocenters. The van der Waals surface area contributed by atoms with E-state index < -0.39 is 11.6 Å². The van der Waals surface area contributed by atoms with E-state index in [1.54, 1.807) is 0 Å². The molecular weight excluding hydrogens is 248 g/mol. The molecule has 1 fully saturated rings. The summed E-state index contributed by atoms with van der Waals surface area (Å²) < 4.78 is 31.9. The second-order valence-corrected chi connectivity index (χ2v) is 4.28. The van der Waals surface area contributed by atoms with Crippen LogP contribution in [0.5, 0.6) is 0 Å². The smallest absolute Gasteiger partial charge is 0.131 e. The van der Waals surface area contributed by atoms with Crippen molar-refractivity contribution in [2.24, 2.45) is 0 Å². The molecule has 1 saturated heterocycles. The van der Waals surface area contributed by atoms with E-state index in [0.717, 1.165) is 6.07 Å². The van der Waals surface area contributed by atoms with Gasteiger partial charge < -0.3 is 10.1 Å². The van der Waals surface area contributed by atoms with Crippen molar-refractivity contribution in [2.75, 3.05) is 6.61 Å². The molecule has 0 amide bonds. The van der Waals surface area contributed by atoms with Gasteiger partial charge in [-0.3, -0.25) is 0 Å². The van der Waals surface area contributed by atoms with Crippen molar-refractivity contribution < 1.29 is 13.5 Å². The van der Waals surface area contributed by atoms with Crippen LogP contribution in [0.25, 0.3) is 0 Å². The molecule has 96 valence electrons. The number of ether oxygens (including phenoxy) is 1. The molecule has 3 atom stereocenters. The molecule has 0 bridgehead atoms. The quantitative estimate of drug-likeness (QED) is 0.841. The Morgan fingerprint density at radius 2 is 2.00 bits per heavy atom. The van der Waals surface area contributed by atoms with Gasteiger partial charge in [-0.1, -0.05) is 6.07 Å². The second-order valence-electron chi connectivity index (χ2n) is 4.28. The molecule has 1 N–H and O–H groups in total. The fraction of sp³-hybridized carbons (Fsp3) is 0.500. The van der Waals surface area contributed by atoms with Gasteiger partial charge >= 0.3 is 0 Å². The minimum absolute atomic E-state index is 0. The van der Waals surface area contributed by atoms with Gasteiger partial charge in [-0.25, -0.2) is 8.78 Å². The van der Waals surface area contributed by atoms with Crippen molar-refractivity contribution in [3.63, 3.8) is 0 Å². The fourth-order valence-corrected chi connectivity index (χ4v) is 2.07. The summed E-state index contributed by atoms with van der Waals surface area (Å²) in [5.74, 6) is -1.11. The average Bonchev–Trinajstić information content (AvgIpc) is 2.19. The summed E-state index contributed by atoms with van der Waals surface area (Å²) in [6.45, 7) is 4.47. The minimum atomic E-state index is -0.564. The number of benzene rings is 1. The Morgan fingerprint density at radius 3 is 2.59 bits per heavy atom. The molecule has 0 aliphatic carbocycles. The lowest BCUT2D eigenvalue weighted by molar-refractivity contribution is -0.0225. The number of nitrogens with one attached hydrogen (secondary N) is 1. The van der Waals surface area contributed by atoms with Gasteiger partial charge in [0.25, 0.3) is 0 Å². The summed E-state index contributed by atoms with van der Waals surface area (Å²) in [4.78, 5) is 0.